The zero-order chi connectivity index (χ0) is 11.7. The maximum Gasteiger partial charge on any atom is 0.270 e. The molecule has 18 heavy (non-hydrogen) atoms. The third-order valence-corrected chi connectivity index (χ3v) is 3.02. The molecule has 1 amide bonds. The Balaban J connectivity index is 0.00000120. The van der Waals surface area contributed by atoms with Gasteiger partial charge in [0.05, 0.1) is 11.4 Å². The van der Waals surface area contributed by atoms with Crippen LogP contribution in [-0.4, -0.2) is 18.5 Å². The van der Waals surface area contributed by atoms with Gasteiger partial charge in [-0.2, -0.15) is 0 Å². The van der Waals surface area contributed by atoms with E-state index < -0.39 is 0 Å². The van der Waals surface area contributed by atoms with E-state index in [4.69, 9.17) is 0 Å². The minimum absolute atomic E-state index is 0. The van der Waals surface area contributed by atoms with Crippen molar-refractivity contribution in [1.82, 2.24) is 5.32 Å². The van der Waals surface area contributed by atoms with Crippen molar-refractivity contribution in [1.29, 1.82) is 0 Å². The summed E-state index contributed by atoms with van der Waals surface area (Å²) < 4.78 is 0. The predicted octanol–water partition coefficient (Wildman–Crippen LogP) is 0.152. The molecule has 1 unspecified atom stereocenters. The first-order valence-electron chi connectivity index (χ1n) is 5.81. The summed E-state index contributed by atoms with van der Waals surface area (Å²) in [5, 5.41) is 4.93. The SMILES string of the molecule is Cl.O=C1C=c2c(C#CC3CCCN3)cccc2=N1. The molecule has 1 aromatic carbocycles. The van der Waals surface area contributed by atoms with Crippen LogP contribution in [0.25, 0.3) is 6.08 Å². The van der Waals surface area contributed by atoms with Crippen LogP contribution in [0.4, 0.5) is 0 Å². The summed E-state index contributed by atoms with van der Waals surface area (Å²) in [5.41, 5.74) is 0.894. The lowest BCUT2D eigenvalue weighted by Crippen LogP contribution is -2.24. The van der Waals surface area contributed by atoms with Crippen molar-refractivity contribution in [3.05, 3.63) is 34.3 Å². The molecule has 3 rings (SSSR count). The van der Waals surface area contributed by atoms with Crippen molar-refractivity contribution in [2.45, 2.75) is 18.9 Å². The molecule has 0 saturated carbocycles. The normalized spacial score (nSPS) is 20.0. The van der Waals surface area contributed by atoms with E-state index in [1.54, 1.807) is 6.08 Å². The molecular formula is C14H13ClN2O. The molecule has 1 aromatic rings. The number of carbonyl (C=O) groups excluding carboxylic acids is 1. The Morgan fingerprint density at radius 1 is 1.39 bits per heavy atom. The van der Waals surface area contributed by atoms with E-state index >= 15 is 0 Å². The summed E-state index contributed by atoms with van der Waals surface area (Å²) in [6.45, 7) is 1.05. The monoisotopic (exact) mass is 260 g/mol. The predicted molar refractivity (Wildman–Crippen MR) is 71.8 cm³/mol. The molecular weight excluding hydrogens is 248 g/mol. The largest absolute Gasteiger partial charge is 0.304 e. The number of benzene rings is 1. The van der Waals surface area contributed by atoms with Crippen LogP contribution >= 0.6 is 12.4 Å². The van der Waals surface area contributed by atoms with Crippen LogP contribution in [-0.2, 0) is 4.79 Å². The van der Waals surface area contributed by atoms with Crippen molar-refractivity contribution < 1.29 is 4.79 Å². The van der Waals surface area contributed by atoms with Gasteiger partial charge in [-0.25, -0.2) is 4.99 Å². The van der Waals surface area contributed by atoms with Gasteiger partial charge in [-0.3, -0.25) is 4.79 Å². The summed E-state index contributed by atoms with van der Waals surface area (Å²) in [6, 6.07) is 5.96. The second-order valence-electron chi connectivity index (χ2n) is 4.25. The van der Waals surface area contributed by atoms with E-state index in [1.165, 1.54) is 6.42 Å². The van der Waals surface area contributed by atoms with Crippen LogP contribution in [0, 0.1) is 11.8 Å². The highest BCUT2D eigenvalue weighted by Crippen LogP contribution is 2.03. The lowest BCUT2D eigenvalue weighted by atomic mass is 10.1. The number of hydrogen-bond donors (Lipinski definition) is 1. The molecule has 3 nitrogen and oxygen atoms in total. The van der Waals surface area contributed by atoms with Crippen molar-refractivity contribution in [2.24, 2.45) is 4.99 Å². The van der Waals surface area contributed by atoms with Crippen molar-refractivity contribution in [3.63, 3.8) is 0 Å². The Kier molecular flexibility index (Phi) is 3.81. The van der Waals surface area contributed by atoms with E-state index in [2.05, 4.69) is 22.2 Å². The van der Waals surface area contributed by atoms with E-state index in [9.17, 15) is 4.79 Å². The van der Waals surface area contributed by atoms with Gasteiger partial charge >= 0.3 is 0 Å². The molecule has 92 valence electrons. The fourth-order valence-corrected chi connectivity index (χ4v) is 2.16. The number of hydrogen-bond acceptors (Lipinski definition) is 2. The zero-order valence-electron chi connectivity index (χ0n) is 9.77. The molecule has 1 atom stereocenters. The molecule has 0 aliphatic carbocycles. The molecule has 0 aromatic heterocycles. The Labute approximate surface area is 111 Å². The van der Waals surface area contributed by atoms with Gasteiger partial charge in [0, 0.05) is 16.9 Å². The number of halogens is 1. The van der Waals surface area contributed by atoms with Crippen LogP contribution < -0.4 is 15.9 Å². The van der Waals surface area contributed by atoms with Gasteiger partial charge in [-0.05, 0) is 31.5 Å². The van der Waals surface area contributed by atoms with Gasteiger partial charge in [0.2, 0.25) is 0 Å². The first-order chi connectivity index (χ1) is 8.33. The molecule has 0 radical (unpaired) electrons. The van der Waals surface area contributed by atoms with Gasteiger partial charge in [0.25, 0.3) is 5.91 Å². The molecule has 1 N–H and O–H groups in total. The number of fused-ring (bicyclic) bond motifs is 1. The third kappa shape index (κ3) is 2.45. The highest BCUT2D eigenvalue weighted by molar-refractivity contribution is 6.06. The fourth-order valence-electron chi connectivity index (χ4n) is 2.16. The highest BCUT2D eigenvalue weighted by atomic mass is 35.5. The number of amides is 1. The Bertz CT molecular complexity index is 649. The summed E-state index contributed by atoms with van der Waals surface area (Å²) >= 11 is 0. The van der Waals surface area contributed by atoms with Crippen LogP contribution in [0.2, 0.25) is 0 Å². The molecule has 1 saturated heterocycles. The van der Waals surface area contributed by atoms with Gasteiger partial charge in [-0.15, -0.1) is 12.4 Å². The van der Waals surface area contributed by atoms with Gasteiger partial charge in [0.1, 0.15) is 0 Å². The molecule has 1 fully saturated rings. The molecule has 0 bridgehead atoms. The summed E-state index contributed by atoms with van der Waals surface area (Å²) in [6.07, 6.45) is 3.85. The molecule has 4 heteroatoms. The Morgan fingerprint density at radius 2 is 2.28 bits per heavy atom. The number of nitrogens with one attached hydrogen (secondary N) is 1. The standard InChI is InChI=1S/C14H12N2O.ClH/c17-14-9-12-10(3-1-5-13(12)16-14)6-7-11-4-2-8-15-11;/h1,3,5,9,11,15H,2,4,8H2;1H. The van der Waals surface area contributed by atoms with Gasteiger partial charge < -0.3 is 5.32 Å². The van der Waals surface area contributed by atoms with Gasteiger partial charge in [-0.1, -0.05) is 17.9 Å². The first-order valence-corrected chi connectivity index (χ1v) is 5.81. The van der Waals surface area contributed by atoms with Gasteiger partial charge in [0.15, 0.2) is 0 Å². The molecule has 2 aliphatic rings. The minimum Gasteiger partial charge on any atom is -0.304 e. The topological polar surface area (TPSA) is 41.5 Å². The molecule has 2 aliphatic heterocycles. The maximum atomic E-state index is 11.2. The maximum absolute atomic E-state index is 11.2. The summed E-state index contributed by atoms with van der Waals surface area (Å²) in [5.74, 6) is 6.17. The Hall–Kier alpha value is -1.63. The van der Waals surface area contributed by atoms with Crippen molar-refractivity contribution in [2.75, 3.05) is 6.54 Å². The van der Waals surface area contributed by atoms with E-state index in [0.717, 1.165) is 29.1 Å². The molecule has 0 spiro atoms. The average molecular weight is 261 g/mol. The quantitative estimate of drug-likeness (QED) is 0.675. The van der Waals surface area contributed by atoms with Crippen LogP contribution in [0.5, 0.6) is 0 Å². The summed E-state index contributed by atoms with van der Waals surface area (Å²) in [7, 11) is 0. The van der Waals surface area contributed by atoms with Crippen LogP contribution in [0.1, 0.15) is 18.4 Å². The zero-order valence-corrected chi connectivity index (χ0v) is 10.6. The third-order valence-electron chi connectivity index (χ3n) is 3.02. The van der Waals surface area contributed by atoms with Crippen LogP contribution in [0.15, 0.2) is 23.2 Å². The fraction of sp³-hybridized carbons (Fsp3) is 0.286. The lowest BCUT2D eigenvalue weighted by Gasteiger charge is -1.97. The molecule has 2 heterocycles. The number of carbonyl (C=O) groups is 1. The van der Waals surface area contributed by atoms with Crippen molar-refractivity contribution >= 4 is 24.4 Å². The summed E-state index contributed by atoms with van der Waals surface area (Å²) in [4.78, 5) is 15.1. The van der Waals surface area contributed by atoms with E-state index in [0.29, 0.717) is 6.04 Å². The highest BCUT2D eigenvalue weighted by Gasteiger charge is 2.10. The average Bonchev–Trinajstić information content (AvgIpc) is 2.93. The minimum atomic E-state index is -0.187. The van der Waals surface area contributed by atoms with Crippen molar-refractivity contribution in [3.8, 4) is 11.8 Å². The Morgan fingerprint density at radius 3 is 3.06 bits per heavy atom. The van der Waals surface area contributed by atoms with Crippen LogP contribution in [0.3, 0.4) is 0 Å². The number of nitrogens with zero attached hydrogens (tertiary/aromatic N) is 1. The second-order valence-corrected chi connectivity index (χ2v) is 4.25. The second kappa shape index (κ2) is 5.34. The number of rotatable bonds is 0. The van der Waals surface area contributed by atoms with E-state index in [1.807, 2.05) is 18.2 Å². The van der Waals surface area contributed by atoms with E-state index in [-0.39, 0.29) is 18.3 Å². The smallest absolute Gasteiger partial charge is 0.270 e. The first kappa shape index (κ1) is 12.8. The lowest BCUT2D eigenvalue weighted by molar-refractivity contribution is -0.112.